The number of ether oxygens (including phenoxy) is 1. The molecular formula is C29H34N4O4. The Balaban J connectivity index is 1.32. The molecular weight excluding hydrogens is 468 g/mol. The number of rotatable bonds is 6. The van der Waals surface area contributed by atoms with Crippen LogP contribution in [0.5, 0.6) is 0 Å². The molecule has 1 aliphatic carbocycles. The van der Waals surface area contributed by atoms with Crippen LogP contribution in [0, 0.1) is 12.8 Å². The number of aliphatic hydroxyl groups is 1. The van der Waals surface area contributed by atoms with Gasteiger partial charge in [0.05, 0.1) is 29.9 Å². The molecule has 1 amide bonds. The van der Waals surface area contributed by atoms with Gasteiger partial charge in [0.2, 0.25) is 5.91 Å². The first kappa shape index (κ1) is 25.1. The van der Waals surface area contributed by atoms with Crippen LogP contribution in [0.3, 0.4) is 0 Å². The molecule has 1 saturated carbocycles. The number of benzene rings is 2. The summed E-state index contributed by atoms with van der Waals surface area (Å²) in [5, 5.41) is 19.6. The number of hydrogen-bond acceptors (Lipinski definition) is 6. The van der Waals surface area contributed by atoms with Gasteiger partial charge in [0.15, 0.2) is 0 Å². The van der Waals surface area contributed by atoms with Gasteiger partial charge in [-0.25, -0.2) is 9.48 Å². The van der Waals surface area contributed by atoms with Crippen LogP contribution in [0.25, 0.3) is 0 Å². The zero-order chi connectivity index (χ0) is 25.8. The Morgan fingerprint density at radius 3 is 2.49 bits per heavy atom. The maximum atomic E-state index is 13.6. The lowest BCUT2D eigenvalue weighted by molar-refractivity contribution is -0.145. The molecule has 37 heavy (non-hydrogen) atoms. The lowest BCUT2D eigenvalue weighted by atomic mass is 9.84. The highest BCUT2D eigenvalue weighted by Crippen LogP contribution is 2.39. The van der Waals surface area contributed by atoms with E-state index in [9.17, 15) is 14.7 Å². The number of likely N-dealkylation sites (tertiary alicyclic amines) is 1. The predicted octanol–water partition coefficient (Wildman–Crippen LogP) is 4.40. The van der Waals surface area contributed by atoms with Crippen LogP contribution in [0.4, 0.5) is 0 Å². The van der Waals surface area contributed by atoms with Gasteiger partial charge in [-0.05, 0) is 43.9 Å². The van der Waals surface area contributed by atoms with Gasteiger partial charge < -0.3 is 14.7 Å². The molecule has 2 aromatic carbocycles. The number of aliphatic hydroxyl groups excluding tert-OH is 1. The minimum atomic E-state index is -0.782. The summed E-state index contributed by atoms with van der Waals surface area (Å²) in [6, 6.07) is 16.6. The molecule has 0 spiro atoms. The van der Waals surface area contributed by atoms with E-state index < -0.39 is 12.1 Å². The number of β-amino-alcohol motifs (C(OH)–C–C–N with tert-alkyl or cyclic N) is 1. The molecule has 1 N–H and O–H groups in total. The molecule has 1 aromatic heterocycles. The van der Waals surface area contributed by atoms with Crippen molar-refractivity contribution < 1.29 is 19.4 Å². The highest BCUT2D eigenvalue weighted by molar-refractivity contribution is 5.89. The van der Waals surface area contributed by atoms with E-state index in [1.807, 2.05) is 17.9 Å². The van der Waals surface area contributed by atoms with Crippen molar-refractivity contribution in [1.82, 2.24) is 19.9 Å². The molecule has 0 bridgehead atoms. The van der Waals surface area contributed by atoms with Gasteiger partial charge in [-0.2, -0.15) is 0 Å². The highest BCUT2D eigenvalue weighted by atomic mass is 16.5. The van der Waals surface area contributed by atoms with Crippen molar-refractivity contribution in [3.8, 4) is 0 Å². The minimum absolute atomic E-state index is 0.00970. The summed E-state index contributed by atoms with van der Waals surface area (Å²) in [7, 11) is 0. The molecule has 0 radical (unpaired) electrons. The van der Waals surface area contributed by atoms with Gasteiger partial charge in [-0.1, -0.05) is 72.5 Å². The van der Waals surface area contributed by atoms with E-state index in [-0.39, 0.29) is 37.1 Å². The summed E-state index contributed by atoms with van der Waals surface area (Å²) in [6.07, 6.45) is 6.66. The van der Waals surface area contributed by atoms with E-state index in [0.29, 0.717) is 17.7 Å². The monoisotopic (exact) mass is 502 g/mol. The first-order chi connectivity index (χ1) is 18.0. The Bertz CT molecular complexity index is 1200. The van der Waals surface area contributed by atoms with Crippen LogP contribution in [0.2, 0.25) is 0 Å². The normalized spacial score (nSPS) is 22.5. The maximum Gasteiger partial charge on any atom is 0.338 e. The number of aromatic nitrogens is 3. The number of esters is 1. The summed E-state index contributed by atoms with van der Waals surface area (Å²) in [6.45, 7) is 2.28. The van der Waals surface area contributed by atoms with Crippen LogP contribution in [-0.4, -0.2) is 49.5 Å². The fourth-order valence-electron chi connectivity index (χ4n) is 5.52. The first-order valence-corrected chi connectivity index (χ1v) is 13.2. The van der Waals surface area contributed by atoms with Crippen molar-refractivity contribution in [3.05, 3.63) is 83.2 Å². The third-order valence-corrected chi connectivity index (χ3v) is 7.63. The van der Waals surface area contributed by atoms with Crippen LogP contribution < -0.4 is 0 Å². The average molecular weight is 503 g/mol. The molecule has 1 aliphatic heterocycles. The van der Waals surface area contributed by atoms with E-state index in [4.69, 9.17) is 4.74 Å². The van der Waals surface area contributed by atoms with Gasteiger partial charge >= 0.3 is 5.97 Å². The van der Waals surface area contributed by atoms with E-state index in [1.54, 1.807) is 35.1 Å². The molecule has 8 heteroatoms. The quantitative estimate of drug-likeness (QED) is 0.502. The zero-order valence-corrected chi connectivity index (χ0v) is 21.2. The molecule has 3 aromatic rings. The van der Waals surface area contributed by atoms with Crippen LogP contribution in [-0.2, 0) is 16.1 Å². The molecule has 2 heterocycles. The average Bonchev–Trinajstić information content (AvgIpc) is 3.41. The second-order valence-electron chi connectivity index (χ2n) is 10.3. The van der Waals surface area contributed by atoms with Gasteiger partial charge in [0.1, 0.15) is 12.3 Å². The largest absolute Gasteiger partial charge is 0.455 e. The zero-order valence-electron chi connectivity index (χ0n) is 21.2. The number of carbonyl (C=O) groups excluding carboxylic acids is 2. The van der Waals surface area contributed by atoms with Crippen molar-refractivity contribution in [2.24, 2.45) is 5.92 Å². The number of piperidine rings is 1. The maximum absolute atomic E-state index is 13.6. The SMILES string of the molecule is Cc1ccc([C@H]2C[C@@H](n3cc(COC(=O)c4ccccc4)nn3)[C@H](O)CN2C(=O)C2CCCCC2)cc1. The molecule has 2 aliphatic rings. The topological polar surface area (TPSA) is 97.6 Å². The number of aryl methyl sites for hydroxylation is 1. The van der Waals surface area contributed by atoms with E-state index >= 15 is 0 Å². The fourth-order valence-corrected chi connectivity index (χ4v) is 5.52. The summed E-state index contributed by atoms with van der Waals surface area (Å²) in [5.74, 6) is -0.248. The Morgan fingerprint density at radius 1 is 1.03 bits per heavy atom. The van der Waals surface area contributed by atoms with E-state index in [1.165, 1.54) is 6.42 Å². The smallest absolute Gasteiger partial charge is 0.338 e. The van der Waals surface area contributed by atoms with Crippen molar-refractivity contribution >= 4 is 11.9 Å². The predicted molar refractivity (Wildman–Crippen MR) is 137 cm³/mol. The minimum Gasteiger partial charge on any atom is -0.455 e. The molecule has 8 nitrogen and oxygen atoms in total. The molecule has 194 valence electrons. The number of hydrogen-bond donors (Lipinski definition) is 1. The van der Waals surface area contributed by atoms with E-state index in [2.05, 4.69) is 34.6 Å². The molecule has 0 unspecified atom stereocenters. The Hall–Kier alpha value is -3.52. The lowest BCUT2D eigenvalue weighted by Gasteiger charge is -2.44. The van der Waals surface area contributed by atoms with Crippen molar-refractivity contribution in [2.45, 2.75) is 70.2 Å². The van der Waals surface area contributed by atoms with Crippen molar-refractivity contribution in [3.63, 3.8) is 0 Å². The Kier molecular flexibility index (Phi) is 7.65. The van der Waals surface area contributed by atoms with E-state index in [0.717, 1.165) is 36.8 Å². The second-order valence-corrected chi connectivity index (χ2v) is 10.3. The second kappa shape index (κ2) is 11.3. The Morgan fingerprint density at radius 2 is 1.76 bits per heavy atom. The number of amides is 1. The highest BCUT2D eigenvalue weighted by Gasteiger charge is 2.41. The third kappa shape index (κ3) is 5.74. The van der Waals surface area contributed by atoms with Gasteiger partial charge in [-0.3, -0.25) is 4.79 Å². The van der Waals surface area contributed by atoms with Gasteiger partial charge in [0, 0.05) is 12.5 Å². The fraction of sp³-hybridized carbons (Fsp3) is 0.448. The van der Waals surface area contributed by atoms with Crippen molar-refractivity contribution in [1.29, 1.82) is 0 Å². The van der Waals surface area contributed by atoms with Crippen LogP contribution in [0.15, 0.2) is 60.8 Å². The molecule has 5 rings (SSSR count). The summed E-state index contributed by atoms with van der Waals surface area (Å²) in [5.41, 5.74) is 3.20. The third-order valence-electron chi connectivity index (χ3n) is 7.63. The molecule has 3 atom stereocenters. The van der Waals surface area contributed by atoms with Gasteiger partial charge in [0.25, 0.3) is 0 Å². The summed E-state index contributed by atoms with van der Waals surface area (Å²) >= 11 is 0. The van der Waals surface area contributed by atoms with Gasteiger partial charge in [-0.15, -0.1) is 5.10 Å². The van der Waals surface area contributed by atoms with Crippen LogP contribution >= 0.6 is 0 Å². The van der Waals surface area contributed by atoms with Crippen molar-refractivity contribution in [2.75, 3.05) is 6.54 Å². The molecule has 1 saturated heterocycles. The van der Waals surface area contributed by atoms with Crippen LogP contribution in [0.1, 0.15) is 77.8 Å². The number of carbonyl (C=O) groups is 2. The first-order valence-electron chi connectivity index (χ1n) is 13.2. The summed E-state index contributed by atoms with van der Waals surface area (Å²) < 4.78 is 7.04. The molecule has 2 fully saturated rings. The summed E-state index contributed by atoms with van der Waals surface area (Å²) in [4.78, 5) is 27.8. The standard InChI is InChI=1S/C29H34N4O4/c1-20-12-14-21(15-13-20)25-16-26(27(34)18-32(25)28(35)22-8-4-2-5-9-22)33-17-24(30-31-33)19-37-29(36)23-10-6-3-7-11-23/h3,6-7,10-15,17,22,25-27,34H,2,4-5,8-9,16,18-19H2,1H3/t25-,26-,27-/m1/s1. The number of nitrogens with zero attached hydrogens (tertiary/aromatic N) is 4. The lowest BCUT2D eigenvalue weighted by Crippen LogP contribution is -2.51. The Labute approximate surface area is 217 Å².